The fraction of sp³-hybridized carbons (Fsp3) is 0.833. The summed E-state index contributed by atoms with van der Waals surface area (Å²) >= 11 is 4.65. The molecule has 0 saturated carbocycles. The van der Waals surface area contributed by atoms with Gasteiger partial charge in [0, 0.05) is 0 Å². The summed E-state index contributed by atoms with van der Waals surface area (Å²) in [5, 5.41) is 1.79. The van der Waals surface area contributed by atoms with Crippen LogP contribution >= 0.6 is 12.2 Å². The van der Waals surface area contributed by atoms with Gasteiger partial charge in [0.2, 0.25) is 0 Å². The standard InChI is InChI=1S/C6H13NS/c7-5-3-1-2-4-6-8/h6H,1-5,7H2. The van der Waals surface area contributed by atoms with Gasteiger partial charge in [-0.05, 0) is 31.2 Å². The zero-order valence-corrected chi connectivity index (χ0v) is 5.91. The summed E-state index contributed by atoms with van der Waals surface area (Å²) in [6.45, 7) is 0.817. The summed E-state index contributed by atoms with van der Waals surface area (Å²) in [7, 11) is 0. The molecule has 0 aromatic heterocycles. The Labute approximate surface area is 56.3 Å². The first-order chi connectivity index (χ1) is 3.91. The molecule has 48 valence electrons. The highest BCUT2D eigenvalue weighted by Gasteiger charge is 1.82. The van der Waals surface area contributed by atoms with E-state index in [1.54, 1.807) is 5.37 Å². The molecule has 0 aliphatic carbocycles. The minimum atomic E-state index is 0.817. The Balaban J connectivity index is 2.62. The SMILES string of the molecule is NCCCCCC=S. The predicted octanol–water partition coefficient (Wildman–Crippen LogP) is 1.51. The molecule has 0 saturated heterocycles. The lowest BCUT2D eigenvalue weighted by atomic mass is 10.2. The Kier molecular flexibility index (Phi) is 7.09. The lowest BCUT2D eigenvalue weighted by molar-refractivity contribution is 0.710. The zero-order valence-electron chi connectivity index (χ0n) is 5.10. The summed E-state index contributed by atoms with van der Waals surface area (Å²) in [5.74, 6) is 0. The van der Waals surface area contributed by atoms with Crippen molar-refractivity contribution in [2.75, 3.05) is 6.54 Å². The minimum Gasteiger partial charge on any atom is -0.330 e. The first kappa shape index (κ1) is 8.05. The molecule has 2 heteroatoms. The van der Waals surface area contributed by atoms with Crippen LogP contribution in [0.25, 0.3) is 0 Å². The summed E-state index contributed by atoms with van der Waals surface area (Å²) in [6, 6.07) is 0. The number of hydrogen-bond donors (Lipinski definition) is 1. The Hall–Kier alpha value is 0.0500. The van der Waals surface area contributed by atoms with Gasteiger partial charge < -0.3 is 5.73 Å². The Bertz CT molecular complexity index is 54.5. The maximum atomic E-state index is 5.27. The molecule has 0 radical (unpaired) electrons. The van der Waals surface area contributed by atoms with Crippen molar-refractivity contribution >= 4 is 17.6 Å². The van der Waals surface area contributed by atoms with E-state index in [2.05, 4.69) is 12.2 Å². The van der Waals surface area contributed by atoms with Crippen LogP contribution < -0.4 is 5.73 Å². The molecule has 0 aromatic carbocycles. The molecule has 0 atom stereocenters. The van der Waals surface area contributed by atoms with E-state index in [9.17, 15) is 0 Å². The van der Waals surface area contributed by atoms with Crippen molar-refractivity contribution in [3.8, 4) is 0 Å². The van der Waals surface area contributed by atoms with Gasteiger partial charge in [0.25, 0.3) is 0 Å². The van der Waals surface area contributed by atoms with E-state index in [0.29, 0.717) is 0 Å². The first-order valence-electron chi connectivity index (χ1n) is 3.05. The molecule has 0 spiro atoms. The smallest absolute Gasteiger partial charge is 0.00773 e. The van der Waals surface area contributed by atoms with Crippen LogP contribution in [-0.2, 0) is 0 Å². The lowest BCUT2D eigenvalue weighted by Crippen LogP contribution is -1.97. The second kappa shape index (κ2) is 7.05. The monoisotopic (exact) mass is 131 g/mol. The van der Waals surface area contributed by atoms with Crippen LogP contribution in [0.5, 0.6) is 0 Å². The first-order valence-corrected chi connectivity index (χ1v) is 3.52. The average Bonchev–Trinajstić information content (AvgIpc) is 1.81. The van der Waals surface area contributed by atoms with Gasteiger partial charge in [-0.25, -0.2) is 0 Å². The molecular weight excluding hydrogens is 118 g/mol. The normalized spacial score (nSPS) is 9.12. The van der Waals surface area contributed by atoms with E-state index < -0.39 is 0 Å². The maximum absolute atomic E-state index is 5.27. The minimum absolute atomic E-state index is 0.817. The number of thiocarbonyl (C=S) groups is 1. The van der Waals surface area contributed by atoms with Crippen molar-refractivity contribution in [3.05, 3.63) is 0 Å². The van der Waals surface area contributed by atoms with Crippen LogP contribution in [0.4, 0.5) is 0 Å². The Morgan fingerprint density at radius 2 is 2.00 bits per heavy atom. The van der Waals surface area contributed by atoms with Gasteiger partial charge >= 0.3 is 0 Å². The molecule has 2 N–H and O–H groups in total. The van der Waals surface area contributed by atoms with Gasteiger partial charge in [-0.1, -0.05) is 18.6 Å². The Morgan fingerprint density at radius 3 is 2.50 bits per heavy atom. The van der Waals surface area contributed by atoms with Crippen molar-refractivity contribution in [3.63, 3.8) is 0 Å². The predicted molar refractivity (Wildman–Crippen MR) is 41.2 cm³/mol. The highest BCUT2D eigenvalue weighted by atomic mass is 32.1. The molecule has 0 aliphatic rings. The van der Waals surface area contributed by atoms with Gasteiger partial charge in [0.05, 0.1) is 0 Å². The molecule has 0 heterocycles. The number of unbranched alkanes of at least 4 members (excludes halogenated alkanes) is 3. The largest absolute Gasteiger partial charge is 0.330 e. The van der Waals surface area contributed by atoms with E-state index in [1.807, 2.05) is 0 Å². The molecule has 0 amide bonds. The van der Waals surface area contributed by atoms with Gasteiger partial charge in [0.1, 0.15) is 0 Å². The highest BCUT2D eigenvalue weighted by molar-refractivity contribution is 7.78. The molecule has 0 aliphatic heterocycles. The highest BCUT2D eigenvalue weighted by Crippen LogP contribution is 1.95. The molecular formula is C6H13NS. The third kappa shape index (κ3) is 6.05. The van der Waals surface area contributed by atoms with Crippen LogP contribution in [0.2, 0.25) is 0 Å². The van der Waals surface area contributed by atoms with E-state index in [-0.39, 0.29) is 0 Å². The van der Waals surface area contributed by atoms with Crippen molar-refractivity contribution in [2.24, 2.45) is 5.73 Å². The molecule has 0 aromatic rings. The van der Waals surface area contributed by atoms with Crippen LogP contribution in [-0.4, -0.2) is 11.9 Å². The summed E-state index contributed by atoms with van der Waals surface area (Å²) in [4.78, 5) is 0. The number of hydrogen-bond acceptors (Lipinski definition) is 2. The fourth-order valence-electron chi connectivity index (χ4n) is 0.549. The molecule has 0 rings (SSSR count). The van der Waals surface area contributed by atoms with Crippen LogP contribution in [0, 0.1) is 0 Å². The van der Waals surface area contributed by atoms with Gasteiger partial charge in [0.15, 0.2) is 0 Å². The number of rotatable bonds is 5. The van der Waals surface area contributed by atoms with E-state index >= 15 is 0 Å². The molecule has 8 heavy (non-hydrogen) atoms. The topological polar surface area (TPSA) is 26.0 Å². The van der Waals surface area contributed by atoms with Crippen molar-refractivity contribution in [1.29, 1.82) is 0 Å². The van der Waals surface area contributed by atoms with Crippen LogP contribution in [0.1, 0.15) is 25.7 Å². The maximum Gasteiger partial charge on any atom is -0.00773 e. The second-order valence-electron chi connectivity index (χ2n) is 1.80. The third-order valence-electron chi connectivity index (χ3n) is 1.03. The average molecular weight is 131 g/mol. The van der Waals surface area contributed by atoms with E-state index in [4.69, 9.17) is 5.73 Å². The summed E-state index contributed by atoms with van der Waals surface area (Å²) in [6.07, 6.45) is 4.64. The van der Waals surface area contributed by atoms with E-state index in [1.165, 1.54) is 12.8 Å². The molecule has 0 bridgehead atoms. The second-order valence-corrected chi connectivity index (χ2v) is 2.14. The van der Waals surface area contributed by atoms with Crippen molar-refractivity contribution in [2.45, 2.75) is 25.7 Å². The molecule has 1 nitrogen and oxygen atoms in total. The van der Waals surface area contributed by atoms with Gasteiger partial charge in [-0.15, -0.1) is 0 Å². The fourth-order valence-corrected chi connectivity index (χ4v) is 0.715. The van der Waals surface area contributed by atoms with E-state index in [0.717, 1.165) is 19.4 Å². The molecule has 0 fully saturated rings. The van der Waals surface area contributed by atoms with Gasteiger partial charge in [-0.3, -0.25) is 0 Å². The van der Waals surface area contributed by atoms with Crippen molar-refractivity contribution < 1.29 is 0 Å². The molecule has 0 unspecified atom stereocenters. The van der Waals surface area contributed by atoms with Crippen molar-refractivity contribution in [1.82, 2.24) is 0 Å². The summed E-state index contributed by atoms with van der Waals surface area (Å²) < 4.78 is 0. The Morgan fingerprint density at radius 1 is 1.25 bits per heavy atom. The third-order valence-corrected chi connectivity index (χ3v) is 1.26. The van der Waals surface area contributed by atoms with Crippen LogP contribution in [0.3, 0.4) is 0 Å². The lowest BCUT2D eigenvalue weighted by Gasteiger charge is -1.91. The van der Waals surface area contributed by atoms with Gasteiger partial charge in [-0.2, -0.15) is 0 Å². The quantitative estimate of drug-likeness (QED) is 0.452. The number of nitrogens with two attached hydrogens (primary N) is 1. The summed E-state index contributed by atoms with van der Waals surface area (Å²) in [5.41, 5.74) is 5.27. The zero-order chi connectivity index (χ0) is 6.24. The van der Waals surface area contributed by atoms with Crippen LogP contribution in [0.15, 0.2) is 0 Å².